The van der Waals surface area contributed by atoms with E-state index < -0.39 is 91.7 Å². The molecule has 3 aromatic heterocycles. The van der Waals surface area contributed by atoms with Crippen LogP contribution in [0.25, 0.3) is 11.2 Å². The molecule has 272 valence electrons. The van der Waals surface area contributed by atoms with E-state index in [0.717, 1.165) is 17.2 Å². The summed E-state index contributed by atoms with van der Waals surface area (Å²) < 4.78 is 67.9. The Bertz CT molecular complexity index is 1810. The minimum absolute atomic E-state index is 0. The molecule has 0 aliphatic carbocycles. The maximum absolute atomic E-state index is 12.5. The number of nitrogens with two attached hydrogens (primary N) is 2. The molecule has 10 atom stereocenters. The lowest BCUT2D eigenvalue weighted by molar-refractivity contribution is -0.765. The molecule has 0 radical (unpaired) electrons. The third-order valence-corrected chi connectivity index (χ3v) is 10.1. The first-order valence-corrected chi connectivity index (χ1v) is 17.8. The van der Waals surface area contributed by atoms with Crippen LogP contribution >= 0.6 is 23.5 Å². The van der Waals surface area contributed by atoms with E-state index in [2.05, 4.69) is 32.8 Å². The number of pyridine rings is 1. The van der Waals surface area contributed by atoms with Gasteiger partial charge in [0.15, 0.2) is 36.2 Å². The van der Waals surface area contributed by atoms with Crippen molar-refractivity contribution in [2.24, 2.45) is 5.73 Å². The fourth-order valence-corrected chi connectivity index (χ4v) is 7.42. The topological polar surface area (TPSA) is 399 Å². The molecule has 1 amide bonds. The highest BCUT2D eigenvalue weighted by Crippen LogP contribution is 2.58. The summed E-state index contributed by atoms with van der Waals surface area (Å²) in [7, 11) is -16.6. The average molecular weight is 761 g/mol. The highest BCUT2D eigenvalue weighted by Gasteiger charge is 2.51. The molecule has 12 N–H and O–H groups in total. The second-order valence-corrected chi connectivity index (χ2v) is 14.4. The van der Waals surface area contributed by atoms with Crippen LogP contribution in [0.5, 0.6) is 0 Å². The number of phosphoric acid groups is 3. The number of amides is 1. The molecule has 0 bridgehead atoms. The lowest BCUT2D eigenvalue weighted by atomic mass is 10.1. The van der Waals surface area contributed by atoms with Gasteiger partial charge in [0.2, 0.25) is 0 Å². The molecule has 3 aromatic rings. The van der Waals surface area contributed by atoms with E-state index in [-0.39, 0.29) is 28.0 Å². The van der Waals surface area contributed by atoms with Crippen LogP contribution in [0.3, 0.4) is 0 Å². The zero-order valence-electron chi connectivity index (χ0n) is 24.4. The Kier molecular flexibility index (Phi) is 11.7. The number of aromatic nitrogens is 5. The maximum atomic E-state index is 12.5. The van der Waals surface area contributed by atoms with Gasteiger partial charge in [0.25, 0.3) is 20.0 Å². The van der Waals surface area contributed by atoms with Crippen molar-refractivity contribution in [2.75, 3.05) is 18.9 Å². The maximum Gasteiger partial charge on any atom is 0.478 e. The molecular formula is C21H30N7O18P3. The molecule has 0 aromatic carbocycles. The average Bonchev–Trinajstić information content (AvgIpc) is 3.64. The number of primary amides is 1. The fourth-order valence-electron chi connectivity index (χ4n) is 4.82. The number of phosphoric ester groups is 3. The molecule has 28 heteroatoms. The highest BCUT2D eigenvalue weighted by atomic mass is 31.3. The Balaban J connectivity index is 0.00000541. The lowest BCUT2D eigenvalue weighted by Gasteiger charge is -2.26. The van der Waals surface area contributed by atoms with Crippen LogP contribution in [-0.4, -0.2) is 111 Å². The quantitative estimate of drug-likeness (QED) is 0.0602. The van der Waals surface area contributed by atoms with Crippen molar-refractivity contribution in [1.82, 2.24) is 19.5 Å². The molecule has 2 unspecified atom stereocenters. The van der Waals surface area contributed by atoms with Gasteiger partial charge in [0.05, 0.1) is 19.5 Å². The van der Waals surface area contributed by atoms with Crippen LogP contribution in [-0.2, 0) is 41.1 Å². The molecule has 5 rings (SSSR count). The van der Waals surface area contributed by atoms with E-state index in [1.54, 1.807) is 0 Å². The molecule has 0 spiro atoms. The first-order valence-electron chi connectivity index (χ1n) is 13.3. The number of hydrogen-bond donors (Lipinski definition) is 8. The number of carbonyl (C=O) groups excluding carboxylic acids is 1. The van der Waals surface area contributed by atoms with Crippen molar-refractivity contribution in [3.05, 3.63) is 42.7 Å². The summed E-state index contributed by atoms with van der Waals surface area (Å²) in [5.41, 5.74) is 11.1. The van der Waals surface area contributed by atoms with Gasteiger partial charge in [-0.3, -0.25) is 23.0 Å². The molecule has 2 fully saturated rings. The van der Waals surface area contributed by atoms with Crippen LogP contribution < -0.4 is 20.9 Å². The van der Waals surface area contributed by atoms with E-state index in [4.69, 9.17) is 20.9 Å². The van der Waals surface area contributed by atoms with Crippen LogP contribution in [0.1, 0.15) is 22.8 Å². The van der Waals surface area contributed by atoms with Crippen molar-refractivity contribution in [2.45, 2.75) is 49.1 Å². The minimum atomic E-state index is -5.72. The number of nitrogen functional groups attached to an aromatic ring is 1. The number of aliphatic hydroxyl groups is 3. The third kappa shape index (κ3) is 8.89. The Morgan fingerprint density at radius 1 is 1.02 bits per heavy atom. The first kappa shape index (κ1) is 38.9. The lowest BCUT2D eigenvalue weighted by Crippen LogP contribution is -2.46. The van der Waals surface area contributed by atoms with Gasteiger partial charge in [-0.1, -0.05) is 0 Å². The summed E-state index contributed by atoms with van der Waals surface area (Å²) >= 11 is 0. The van der Waals surface area contributed by atoms with Gasteiger partial charge in [-0.15, -0.1) is 0 Å². The number of imidazole rings is 1. The highest BCUT2D eigenvalue weighted by molar-refractivity contribution is 7.60. The SMILES string of the molecule is NC(=O)c1ccc[n+]([C@@H]2O[C@H](COP(=O)([O-])OP(=O)(O)OC[C@H]3O[C@@H](n4cnc5c(N)ncnc54)[C@H](OP(=O)(O)O)[C@@H]3O)[C@@H](O)[C@H]2O)c1.O. The van der Waals surface area contributed by atoms with Crippen molar-refractivity contribution in [3.63, 3.8) is 0 Å². The second kappa shape index (κ2) is 14.8. The smallest absolute Gasteiger partial charge is 0.478 e. The summed E-state index contributed by atoms with van der Waals surface area (Å²) in [4.78, 5) is 64.4. The number of aliphatic hydroxyl groups excluding tert-OH is 3. The summed E-state index contributed by atoms with van der Waals surface area (Å²) in [5.74, 6) is -0.862. The van der Waals surface area contributed by atoms with Crippen LogP contribution in [0.15, 0.2) is 37.2 Å². The molecule has 2 saturated heterocycles. The largest absolute Gasteiger partial charge is 0.756 e. The molecule has 49 heavy (non-hydrogen) atoms. The second-order valence-electron chi connectivity index (χ2n) is 10.2. The number of ether oxygens (including phenoxy) is 2. The van der Waals surface area contributed by atoms with Crippen molar-refractivity contribution >= 4 is 46.4 Å². The molecule has 5 heterocycles. The summed E-state index contributed by atoms with van der Waals surface area (Å²) in [5, 5.41) is 31.5. The van der Waals surface area contributed by atoms with Crippen molar-refractivity contribution in [1.29, 1.82) is 0 Å². The monoisotopic (exact) mass is 761 g/mol. The van der Waals surface area contributed by atoms with Crippen molar-refractivity contribution in [3.8, 4) is 0 Å². The minimum Gasteiger partial charge on any atom is -0.756 e. The van der Waals surface area contributed by atoms with E-state index in [1.165, 1.54) is 29.1 Å². The summed E-state index contributed by atoms with van der Waals surface area (Å²) in [6.07, 6.45) is -8.59. The number of carbonyl (C=O) groups is 1. The fraction of sp³-hybridized carbons (Fsp3) is 0.476. The summed E-state index contributed by atoms with van der Waals surface area (Å²) in [6.45, 7) is -2.12. The molecule has 2 aliphatic rings. The zero-order valence-corrected chi connectivity index (χ0v) is 27.1. The standard InChI is InChI=1S/C21H28N7O17P3.H2O/c22-17-12-19(25-7-24-17)28(8-26-12)21-16(44-46(33,34)35)14(30)11(43-21)6-41-48(38,39)45-47(36,37)40-5-10-13(29)15(31)20(42-10)27-3-1-2-9(4-27)18(23)32;/h1-4,7-8,10-11,13-16,20-21,29-31H,5-6H2,(H7-,22,23,24,25,32,33,34,35,36,37,38,39);1H2/t10-,11-,13-,14-,15-,16-,20-,21-;/m1./s1. The van der Waals surface area contributed by atoms with Crippen LogP contribution in [0.4, 0.5) is 5.82 Å². The van der Waals surface area contributed by atoms with E-state index >= 15 is 0 Å². The first-order chi connectivity index (χ1) is 22.4. The number of anilines is 1. The van der Waals surface area contributed by atoms with Gasteiger partial charge in [-0.2, -0.15) is 4.57 Å². The Morgan fingerprint density at radius 3 is 2.37 bits per heavy atom. The molecule has 2 aliphatic heterocycles. The van der Waals surface area contributed by atoms with Gasteiger partial charge < -0.3 is 65.8 Å². The molecular weight excluding hydrogens is 731 g/mol. The number of rotatable bonds is 13. The van der Waals surface area contributed by atoms with Gasteiger partial charge in [-0.25, -0.2) is 28.4 Å². The zero-order chi connectivity index (χ0) is 35.2. The normalized spacial score (nSPS) is 29.7. The van der Waals surface area contributed by atoms with Gasteiger partial charge in [0.1, 0.15) is 47.9 Å². The third-order valence-electron chi connectivity index (χ3n) is 6.97. The number of hydrogen-bond acceptors (Lipinski definition) is 18. The van der Waals surface area contributed by atoms with E-state index in [0.29, 0.717) is 0 Å². The number of nitrogens with zero attached hydrogens (tertiary/aromatic N) is 5. The predicted octanol–water partition coefficient (Wildman–Crippen LogP) is -4.36. The predicted molar refractivity (Wildman–Crippen MR) is 152 cm³/mol. The van der Waals surface area contributed by atoms with Gasteiger partial charge >= 0.3 is 15.6 Å². The van der Waals surface area contributed by atoms with Gasteiger partial charge in [0, 0.05) is 6.07 Å². The van der Waals surface area contributed by atoms with Crippen molar-refractivity contribution < 1.29 is 90.8 Å². The van der Waals surface area contributed by atoms with Crippen LogP contribution in [0.2, 0.25) is 0 Å². The van der Waals surface area contributed by atoms with Gasteiger partial charge in [-0.05, 0) is 6.07 Å². The molecule has 0 saturated carbocycles. The Hall–Kier alpha value is -2.90. The van der Waals surface area contributed by atoms with Crippen LogP contribution in [0, 0.1) is 0 Å². The molecule has 25 nitrogen and oxygen atoms in total. The van der Waals surface area contributed by atoms with E-state index in [1.807, 2.05) is 0 Å². The van der Waals surface area contributed by atoms with E-state index in [9.17, 15) is 53.4 Å². The Labute approximate surface area is 273 Å². The number of fused-ring (bicyclic) bond motifs is 1. The summed E-state index contributed by atoms with van der Waals surface area (Å²) in [6, 6.07) is 2.77. The Morgan fingerprint density at radius 2 is 1.69 bits per heavy atom.